The van der Waals surface area contributed by atoms with Crippen LogP contribution in [0.5, 0.6) is 0 Å². The minimum atomic E-state index is 0.682. The van der Waals surface area contributed by atoms with Gasteiger partial charge in [-0.1, -0.05) is 42.5 Å². The molecule has 0 aliphatic rings. The zero-order valence-electron chi connectivity index (χ0n) is 10.6. The molecular weight excluding hydrogens is 234 g/mol. The lowest BCUT2D eigenvalue weighted by molar-refractivity contribution is 0.574. The molecule has 2 aromatic carbocycles. The predicted molar refractivity (Wildman–Crippen MR) is 75.8 cm³/mol. The topological polar surface area (TPSA) is 26.0 Å². The first-order chi connectivity index (χ1) is 9.42. The molecule has 0 radical (unpaired) electrons. The van der Waals surface area contributed by atoms with Gasteiger partial charge in [0.2, 0.25) is 5.89 Å². The summed E-state index contributed by atoms with van der Waals surface area (Å²) in [6.45, 7) is 0. The molecule has 2 nitrogen and oxygen atoms in total. The maximum Gasteiger partial charge on any atom is 0.225 e. The summed E-state index contributed by atoms with van der Waals surface area (Å²) in [6, 6.07) is 18.9. The number of hydrogen-bond donors (Lipinski definition) is 0. The Hall–Kier alpha value is -2.35. The molecule has 0 fully saturated rings. The molecule has 0 saturated heterocycles. The normalized spacial score (nSPS) is 10.5. The van der Waals surface area contributed by atoms with Gasteiger partial charge in [-0.05, 0) is 36.1 Å². The summed E-state index contributed by atoms with van der Waals surface area (Å²) in [6.07, 6.45) is 5.35. The molecule has 0 atom stereocenters. The van der Waals surface area contributed by atoms with Crippen LogP contribution in [0.15, 0.2) is 71.5 Å². The molecule has 2 heteroatoms. The van der Waals surface area contributed by atoms with Crippen molar-refractivity contribution in [1.82, 2.24) is 4.98 Å². The van der Waals surface area contributed by atoms with Crippen LogP contribution in [-0.2, 0) is 12.8 Å². The van der Waals surface area contributed by atoms with Crippen molar-refractivity contribution < 1.29 is 4.42 Å². The Bertz CT molecular complexity index is 629. The van der Waals surface area contributed by atoms with E-state index in [0.717, 1.165) is 18.4 Å². The van der Waals surface area contributed by atoms with Gasteiger partial charge in [0.15, 0.2) is 0 Å². The van der Waals surface area contributed by atoms with E-state index in [0.29, 0.717) is 5.89 Å². The number of rotatable bonds is 4. The van der Waals surface area contributed by atoms with Gasteiger partial charge in [-0.2, -0.15) is 0 Å². The highest BCUT2D eigenvalue weighted by Crippen LogP contribution is 2.19. The van der Waals surface area contributed by atoms with Crippen LogP contribution in [-0.4, -0.2) is 4.98 Å². The van der Waals surface area contributed by atoms with Crippen molar-refractivity contribution in [2.75, 3.05) is 0 Å². The standard InChI is InChI=1S/C17H15NO/c1-2-5-14(6-3-1)9-10-15-7-4-8-16(13-15)17-18-11-12-19-17/h1-8,11-13H,9-10H2. The third-order valence-electron chi connectivity index (χ3n) is 3.15. The van der Waals surface area contributed by atoms with Crippen molar-refractivity contribution in [3.05, 3.63) is 78.2 Å². The second-order valence-electron chi connectivity index (χ2n) is 4.52. The molecule has 0 bridgehead atoms. The molecule has 0 aliphatic carbocycles. The summed E-state index contributed by atoms with van der Waals surface area (Å²) in [5.41, 5.74) is 3.71. The molecule has 3 aromatic rings. The molecule has 94 valence electrons. The number of oxazole rings is 1. The third-order valence-corrected chi connectivity index (χ3v) is 3.15. The summed E-state index contributed by atoms with van der Waals surface area (Å²) in [4.78, 5) is 4.18. The Labute approximate surface area is 112 Å². The van der Waals surface area contributed by atoms with Gasteiger partial charge in [0.25, 0.3) is 0 Å². The van der Waals surface area contributed by atoms with E-state index in [1.165, 1.54) is 11.1 Å². The number of hydrogen-bond acceptors (Lipinski definition) is 2. The fourth-order valence-corrected chi connectivity index (χ4v) is 2.16. The molecule has 0 N–H and O–H groups in total. The van der Waals surface area contributed by atoms with E-state index >= 15 is 0 Å². The average Bonchev–Trinajstić information content (AvgIpc) is 3.01. The van der Waals surface area contributed by atoms with Gasteiger partial charge in [-0.15, -0.1) is 0 Å². The minimum Gasteiger partial charge on any atom is -0.445 e. The molecule has 0 aliphatic heterocycles. The summed E-state index contributed by atoms with van der Waals surface area (Å²) in [7, 11) is 0. The molecule has 1 aromatic heterocycles. The smallest absolute Gasteiger partial charge is 0.225 e. The highest BCUT2D eigenvalue weighted by atomic mass is 16.3. The molecular formula is C17H15NO. The summed E-state index contributed by atoms with van der Waals surface area (Å²) in [5.74, 6) is 0.682. The van der Waals surface area contributed by atoms with E-state index in [-0.39, 0.29) is 0 Å². The third kappa shape index (κ3) is 2.91. The van der Waals surface area contributed by atoms with Crippen molar-refractivity contribution in [3.63, 3.8) is 0 Å². The Balaban J connectivity index is 1.74. The lowest BCUT2D eigenvalue weighted by atomic mass is 10.0. The van der Waals surface area contributed by atoms with Crippen LogP contribution >= 0.6 is 0 Å². The van der Waals surface area contributed by atoms with Crippen LogP contribution in [0.4, 0.5) is 0 Å². The van der Waals surface area contributed by atoms with Crippen molar-refractivity contribution in [1.29, 1.82) is 0 Å². The first-order valence-corrected chi connectivity index (χ1v) is 6.44. The molecule has 0 unspecified atom stereocenters. The Morgan fingerprint density at radius 1 is 0.842 bits per heavy atom. The largest absolute Gasteiger partial charge is 0.445 e. The Kier molecular flexibility index (Phi) is 3.41. The lowest BCUT2D eigenvalue weighted by Gasteiger charge is -2.03. The minimum absolute atomic E-state index is 0.682. The van der Waals surface area contributed by atoms with Crippen molar-refractivity contribution in [3.8, 4) is 11.5 Å². The van der Waals surface area contributed by atoms with Crippen LogP contribution in [0.1, 0.15) is 11.1 Å². The SMILES string of the molecule is c1ccc(CCc2cccc(-c3ncco3)c2)cc1. The fourth-order valence-electron chi connectivity index (χ4n) is 2.16. The highest BCUT2D eigenvalue weighted by Gasteiger charge is 2.03. The Morgan fingerprint density at radius 2 is 1.63 bits per heavy atom. The van der Waals surface area contributed by atoms with Crippen LogP contribution in [0.2, 0.25) is 0 Å². The van der Waals surface area contributed by atoms with Crippen LogP contribution < -0.4 is 0 Å². The van der Waals surface area contributed by atoms with E-state index in [4.69, 9.17) is 4.42 Å². The fraction of sp³-hybridized carbons (Fsp3) is 0.118. The number of benzene rings is 2. The molecule has 3 rings (SSSR count). The second kappa shape index (κ2) is 5.53. The summed E-state index contributed by atoms with van der Waals surface area (Å²) in [5, 5.41) is 0. The number of aromatic nitrogens is 1. The van der Waals surface area contributed by atoms with E-state index in [1.54, 1.807) is 12.5 Å². The maximum absolute atomic E-state index is 5.33. The van der Waals surface area contributed by atoms with Gasteiger partial charge < -0.3 is 4.42 Å². The summed E-state index contributed by atoms with van der Waals surface area (Å²) < 4.78 is 5.33. The van der Waals surface area contributed by atoms with Crippen molar-refractivity contribution >= 4 is 0 Å². The zero-order valence-corrected chi connectivity index (χ0v) is 10.6. The van der Waals surface area contributed by atoms with Crippen molar-refractivity contribution in [2.24, 2.45) is 0 Å². The molecule has 0 amide bonds. The monoisotopic (exact) mass is 249 g/mol. The maximum atomic E-state index is 5.33. The van der Waals surface area contributed by atoms with Gasteiger partial charge in [-0.3, -0.25) is 0 Å². The van der Waals surface area contributed by atoms with Gasteiger partial charge in [0, 0.05) is 5.56 Å². The van der Waals surface area contributed by atoms with E-state index in [9.17, 15) is 0 Å². The lowest BCUT2D eigenvalue weighted by Crippen LogP contribution is -1.91. The van der Waals surface area contributed by atoms with Crippen LogP contribution in [0.25, 0.3) is 11.5 Å². The van der Waals surface area contributed by atoms with Gasteiger partial charge in [0.05, 0.1) is 6.20 Å². The molecule has 1 heterocycles. The van der Waals surface area contributed by atoms with Gasteiger partial charge in [-0.25, -0.2) is 4.98 Å². The molecule has 0 saturated carbocycles. The predicted octanol–water partition coefficient (Wildman–Crippen LogP) is 4.13. The second-order valence-corrected chi connectivity index (χ2v) is 4.52. The number of aryl methyl sites for hydroxylation is 2. The number of nitrogens with zero attached hydrogens (tertiary/aromatic N) is 1. The first kappa shape index (κ1) is 11.7. The van der Waals surface area contributed by atoms with Gasteiger partial charge >= 0.3 is 0 Å². The average molecular weight is 249 g/mol. The van der Waals surface area contributed by atoms with E-state index in [2.05, 4.69) is 47.4 Å². The van der Waals surface area contributed by atoms with E-state index < -0.39 is 0 Å². The van der Waals surface area contributed by atoms with Crippen molar-refractivity contribution in [2.45, 2.75) is 12.8 Å². The summed E-state index contributed by atoms with van der Waals surface area (Å²) >= 11 is 0. The first-order valence-electron chi connectivity index (χ1n) is 6.44. The Morgan fingerprint density at radius 3 is 2.42 bits per heavy atom. The van der Waals surface area contributed by atoms with Crippen LogP contribution in [0, 0.1) is 0 Å². The molecule has 19 heavy (non-hydrogen) atoms. The molecule has 0 spiro atoms. The van der Waals surface area contributed by atoms with E-state index in [1.807, 2.05) is 12.1 Å². The quantitative estimate of drug-likeness (QED) is 0.695. The zero-order chi connectivity index (χ0) is 12.9. The highest BCUT2D eigenvalue weighted by molar-refractivity contribution is 5.54. The van der Waals surface area contributed by atoms with Gasteiger partial charge in [0.1, 0.15) is 6.26 Å². The van der Waals surface area contributed by atoms with Crippen LogP contribution in [0.3, 0.4) is 0 Å².